The number of carbonyl (C=O) groups excluding carboxylic acids is 2. The molecule has 1 N–H and O–H groups in total. The molecule has 0 bridgehead atoms. The van der Waals surface area contributed by atoms with Crippen LogP contribution < -0.4 is 5.32 Å². The number of hydrogen-bond donors (Lipinski definition) is 1. The highest BCUT2D eigenvalue weighted by Crippen LogP contribution is 2.24. The van der Waals surface area contributed by atoms with Crippen molar-refractivity contribution >= 4 is 39.4 Å². The minimum Gasteiger partial charge on any atom is -0.457 e. The summed E-state index contributed by atoms with van der Waals surface area (Å²) in [4.78, 5) is 24.7. The van der Waals surface area contributed by atoms with Gasteiger partial charge in [-0.15, -0.1) is 0 Å². The second-order valence-electron chi connectivity index (χ2n) is 6.80. The van der Waals surface area contributed by atoms with Crippen LogP contribution in [0.3, 0.4) is 0 Å². The fraction of sp³-hybridized carbons (Fsp3) is 0. The number of amides is 1. The molecule has 0 radical (unpaired) electrons. The highest BCUT2D eigenvalue weighted by Gasteiger charge is 2.07. The number of halogens is 1. The molecular weight excluding hydrogens is 454 g/mol. The van der Waals surface area contributed by atoms with Gasteiger partial charge in [-0.25, -0.2) is 0 Å². The van der Waals surface area contributed by atoms with E-state index < -0.39 is 0 Å². The fourth-order valence-corrected chi connectivity index (χ4v) is 3.24. The first-order valence-corrected chi connectivity index (χ1v) is 10.4. The summed E-state index contributed by atoms with van der Waals surface area (Å²) in [6.07, 6.45) is 3.12. The zero-order valence-electron chi connectivity index (χ0n) is 16.4. The first-order chi connectivity index (χ1) is 15.1. The van der Waals surface area contributed by atoms with Crippen molar-refractivity contribution in [2.45, 2.75) is 0 Å². The summed E-state index contributed by atoms with van der Waals surface area (Å²) in [7, 11) is 0. The molecule has 0 spiro atoms. The maximum absolute atomic E-state index is 12.5. The smallest absolute Gasteiger partial charge is 0.255 e. The molecule has 1 heterocycles. The number of nitrogens with one attached hydrogen (secondary N) is 1. The van der Waals surface area contributed by atoms with Gasteiger partial charge in [0.25, 0.3) is 5.91 Å². The maximum Gasteiger partial charge on any atom is 0.255 e. The Morgan fingerprint density at radius 1 is 0.774 bits per heavy atom. The Labute approximate surface area is 188 Å². The summed E-state index contributed by atoms with van der Waals surface area (Å²) >= 11 is 3.41. The van der Waals surface area contributed by atoms with Gasteiger partial charge in [-0.2, -0.15) is 0 Å². The lowest BCUT2D eigenvalue weighted by molar-refractivity contribution is 0.102. The van der Waals surface area contributed by atoms with Crippen molar-refractivity contribution < 1.29 is 14.0 Å². The summed E-state index contributed by atoms with van der Waals surface area (Å²) in [6, 6.07) is 27.3. The molecule has 0 atom stereocenters. The van der Waals surface area contributed by atoms with Gasteiger partial charge < -0.3 is 9.73 Å². The van der Waals surface area contributed by atoms with Crippen molar-refractivity contribution in [2.75, 3.05) is 5.32 Å². The van der Waals surface area contributed by atoms with E-state index in [2.05, 4.69) is 21.2 Å². The number of anilines is 1. The topological polar surface area (TPSA) is 59.3 Å². The average Bonchev–Trinajstić information content (AvgIpc) is 3.28. The lowest BCUT2D eigenvalue weighted by Gasteiger charge is -2.05. The predicted octanol–water partition coefficient (Wildman–Crippen LogP) is 6.86. The van der Waals surface area contributed by atoms with Crippen LogP contribution in [0, 0.1) is 0 Å². The van der Waals surface area contributed by atoms with Crippen molar-refractivity contribution in [3.05, 3.63) is 118 Å². The lowest BCUT2D eigenvalue weighted by Crippen LogP contribution is -2.11. The van der Waals surface area contributed by atoms with E-state index in [1.54, 1.807) is 42.5 Å². The van der Waals surface area contributed by atoms with Crippen LogP contribution in [0.1, 0.15) is 26.5 Å². The van der Waals surface area contributed by atoms with E-state index in [1.165, 1.54) is 6.08 Å². The van der Waals surface area contributed by atoms with Crippen LogP contribution in [0.15, 0.2) is 106 Å². The first-order valence-electron chi connectivity index (χ1n) is 9.63. The highest BCUT2D eigenvalue weighted by molar-refractivity contribution is 9.10. The Hall–Kier alpha value is -3.70. The van der Waals surface area contributed by atoms with Gasteiger partial charge in [0.15, 0.2) is 5.78 Å². The number of hydrogen-bond acceptors (Lipinski definition) is 3. The second-order valence-corrected chi connectivity index (χ2v) is 7.72. The van der Waals surface area contributed by atoms with Crippen molar-refractivity contribution in [1.29, 1.82) is 0 Å². The molecule has 0 aliphatic carbocycles. The fourth-order valence-electron chi connectivity index (χ4n) is 2.98. The van der Waals surface area contributed by atoms with Gasteiger partial charge >= 0.3 is 0 Å². The molecule has 4 aromatic rings. The monoisotopic (exact) mass is 471 g/mol. The molecule has 1 aromatic heterocycles. The third kappa shape index (κ3) is 5.27. The van der Waals surface area contributed by atoms with Crippen molar-refractivity contribution in [3.63, 3.8) is 0 Å². The molecule has 1 amide bonds. The number of benzene rings is 3. The molecule has 0 aliphatic heterocycles. The standard InChI is InChI=1S/C26H18BrNO3/c27-21-10-6-19(7-11-21)25-17-15-23(31-25)14-16-24(29)18-8-12-22(13-9-18)28-26(30)20-4-2-1-3-5-20/h1-17H,(H,28,30). The van der Waals surface area contributed by atoms with Crippen LogP contribution in [0.4, 0.5) is 5.69 Å². The lowest BCUT2D eigenvalue weighted by atomic mass is 10.1. The van der Waals surface area contributed by atoms with Gasteiger partial charge in [0.1, 0.15) is 11.5 Å². The van der Waals surface area contributed by atoms with Crippen molar-refractivity contribution in [1.82, 2.24) is 0 Å². The molecule has 31 heavy (non-hydrogen) atoms. The number of rotatable bonds is 6. The van der Waals surface area contributed by atoms with Crippen LogP contribution in [-0.2, 0) is 0 Å². The van der Waals surface area contributed by atoms with Gasteiger partial charge in [0.05, 0.1) is 0 Å². The first kappa shape index (κ1) is 20.6. The minimum atomic E-state index is -0.195. The average molecular weight is 472 g/mol. The van der Waals surface area contributed by atoms with Gasteiger partial charge in [-0.1, -0.05) is 46.3 Å². The third-order valence-corrected chi connectivity index (χ3v) is 5.15. The number of furan rings is 1. The van der Waals surface area contributed by atoms with Gasteiger partial charge in [-0.05, 0) is 72.8 Å². The quantitative estimate of drug-likeness (QED) is 0.247. The largest absolute Gasteiger partial charge is 0.457 e. The highest BCUT2D eigenvalue weighted by atomic mass is 79.9. The molecule has 0 saturated heterocycles. The Morgan fingerprint density at radius 2 is 1.48 bits per heavy atom. The summed E-state index contributed by atoms with van der Waals surface area (Å²) < 4.78 is 6.80. The van der Waals surface area contributed by atoms with Crippen LogP contribution in [0.2, 0.25) is 0 Å². The van der Waals surface area contributed by atoms with Gasteiger partial charge in [0, 0.05) is 26.9 Å². The number of carbonyl (C=O) groups is 2. The summed E-state index contributed by atoms with van der Waals surface area (Å²) in [5, 5.41) is 2.82. The van der Waals surface area contributed by atoms with Crippen molar-refractivity contribution in [3.8, 4) is 11.3 Å². The zero-order chi connectivity index (χ0) is 21.6. The Morgan fingerprint density at radius 3 is 2.19 bits per heavy atom. The van der Waals surface area contributed by atoms with Crippen LogP contribution in [0.5, 0.6) is 0 Å². The maximum atomic E-state index is 12.5. The molecule has 4 rings (SSSR count). The minimum absolute atomic E-state index is 0.150. The molecule has 3 aromatic carbocycles. The SMILES string of the molecule is O=C(C=Cc1ccc(-c2ccc(Br)cc2)o1)c1ccc(NC(=O)c2ccccc2)cc1. The predicted molar refractivity (Wildman–Crippen MR) is 126 cm³/mol. The van der Waals surface area contributed by atoms with Gasteiger partial charge in [-0.3, -0.25) is 9.59 Å². The summed E-state index contributed by atoms with van der Waals surface area (Å²) in [5.41, 5.74) is 2.68. The Kier molecular flexibility index (Phi) is 6.24. The molecule has 0 saturated carbocycles. The molecule has 0 fully saturated rings. The van der Waals surface area contributed by atoms with Crippen LogP contribution in [-0.4, -0.2) is 11.7 Å². The Balaban J connectivity index is 1.39. The number of allylic oxidation sites excluding steroid dienone is 1. The third-order valence-electron chi connectivity index (χ3n) is 4.62. The molecule has 0 aliphatic rings. The van der Waals surface area contributed by atoms with E-state index in [9.17, 15) is 9.59 Å². The molecule has 5 heteroatoms. The summed E-state index contributed by atoms with van der Waals surface area (Å²) in [5.74, 6) is 0.984. The molecular formula is C26H18BrNO3. The molecule has 4 nitrogen and oxygen atoms in total. The van der Waals surface area contributed by atoms with Gasteiger partial charge in [0.2, 0.25) is 0 Å². The van der Waals surface area contributed by atoms with E-state index in [1.807, 2.05) is 54.6 Å². The van der Waals surface area contributed by atoms with Crippen LogP contribution in [0.25, 0.3) is 17.4 Å². The normalized spacial score (nSPS) is 10.9. The number of ketones is 1. The van der Waals surface area contributed by atoms with E-state index in [4.69, 9.17) is 4.42 Å². The Bertz CT molecular complexity index is 1220. The van der Waals surface area contributed by atoms with E-state index in [0.29, 0.717) is 22.6 Å². The van der Waals surface area contributed by atoms with Crippen LogP contribution >= 0.6 is 15.9 Å². The van der Waals surface area contributed by atoms with E-state index >= 15 is 0 Å². The molecule has 152 valence electrons. The summed E-state index contributed by atoms with van der Waals surface area (Å²) in [6.45, 7) is 0. The second kappa shape index (κ2) is 9.41. The molecule has 0 unspecified atom stereocenters. The zero-order valence-corrected chi connectivity index (χ0v) is 18.0. The van der Waals surface area contributed by atoms with E-state index in [-0.39, 0.29) is 11.7 Å². The van der Waals surface area contributed by atoms with Crippen molar-refractivity contribution in [2.24, 2.45) is 0 Å². The van der Waals surface area contributed by atoms with E-state index in [0.717, 1.165) is 15.8 Å².